The van der Waals surface area contributed by atoms with Crippen molar-refractivity contribution in [2.24, 2.45) is 0 Å². The second kappa shape index (κ2) is 9.48. The highest BCUT2D eigenvalue weighted by Crippen LogP contribution is 2.31. The lowest BCUT2D eigenvalue weighted by Crippen LogP contribution is -2.31. The quantitative estimate of drug-likeness (QED) is 0.673. The Morgan fingerprint density at radius 1 is 1.29 bits per heavy atom. The Labute approximate surface area is 163 Å². The topological polar surface area (TPSA) is 132 Å². The number of rotatable bonds is 7. The van der Waals surface area contributed by atoms with Gasteiger partial charge in [-0.05, 0) is 19.1 Å². The van der Waals surface area contributed by atoms with Crippen LogP contribution in [0, 0.1) is 17.1 Å². The molecule has 0 fully saturated rings. The third kappa shape index (κ3) is 4.83. The van der Waals surface area contributed by atoms with Gasteiger partial charge in [0.2, 0.25) is 0 Å². The number of hydrogen-bond donors (Lipinski definition) is 2. The predicted molar refractivity (Wildman–Crippen MR) is 97.9 cm³/mol. The zero-order valence-corrected chi connectivity index (χ0v) is 15.6. The third-order valence-corrected chi connectivity index (χ3v) is 4.54. The number of nitrogens with one attached hydrogen (secondary N) is 1. The SMILES string of the molecule is CCOC(=O)c1sc(N)c(C#N)c1COC(=O)CNC(=O)c1ccccc1F. The number of benzene rings is 1. The maximum atomic E-state index is 13.5. The van der Waals surface area contributed by atoms with Crippen molar-refractivity contribution in [3.8, 4) is 6.07 Å². The summed E-state index contributed by atoms with van der Waals surface area (Å²) in [7, 11) is 0. The average Bonchev–Trinajstić information content (AvgIpc) is 3.00. The highest BCUT2D eigenvalue weighted by molar-refractivity contribution is 7.18. The van der Waals surface area contributed by atoms with E-state index in [0.717, 1.165) is 17.4 Å². The second-order valence-electron chi connectivity index (χ2n) is 5.30. The summed E-state index contributed by atoms with van der Waals surface area (Å²) in [6, 6.07) is 7.17. The molecule has 2 aromatic rings. The highest BCUT2D eigenvalue weighted by Gasteiger charge is 2.24. The molecule has 10 heteroatoms. The fourth-order valence-electron chi connectivity index (χ4n) is 2.20. The number of nitriles is 1. The summed E-state index contributed by atoms with van der Waals surface area (Å²) in [5.41, 5.74) is 5.68. The molecule has 8 nitrogen and oxygen atoms in total. The number of nitrogens with zero attached hydrogens (tertiary/aromatic N) is 1. The molecular formula is C18H16FN3O5S. The van der Waals surface area contributed by atoms with Crippen LogP contribution < -0.4 is 11.1 Å². The minimum atomic E-state index is -0.840. The van der Waals surface area contributed by atoms with Gasteiger partial charge in [-0.15, -0.1) is 11.3 Å². The number of carbonyl (C=O) groups excluding carboxylic acids is 3. The van der Waals surface area contributed by atoms with Gasteiger partial charge < -0.3 is 20.5 Å². The first-order valence-electron chi connectivity index (χ1n) is 8.05. The van der Waals surface area contributed by atoms with E-state index < -0.39 is 36.8 Å². The Kier molecular flexibility index (Phi) is 7.06. The number of carbonyl (C=O) groups is 3. The van der Waals surface area contributed by atoms with Crippen molar-refractivity contribution in [1.82, 2.24) is 5.32 Å². The van der Waals surface area contributed by atoms with Gasteiger partial charge in [-0.2, -0.15) is 5.26 Å². The van der Waals surface area contributed by atoms with Gasteiger partial charge >= 0.3 is 11.9 Å². The lowest BCUT2D eigenvalue weighted by Gasteiger charge is -2.08. The zero-order valence-electron chi connectivity index (χ0n) is 14.8. The van der Waals surface area contributed by atoms with E-state index in [2.05, 4.69) is 5.32 Å². The van der Waals surface area contributed by atoms with Crippen molar-refractivity contribution < 1.29 is 28.2 Å². The van der Waals surface area contributed by atoms with E-state index in [4.69, 9.17) is 15.2 Å². The van der Waals surface area contributed by atoms with Crippen molar-refractivity contribution in [2.75, 3.05) is 18.9 Å². The van der Waals surface area contributed by atoms with Crippen molar-refractivity contribution in [1.29, 1.82) is 5.26 Å². The van der Waals surface area contributed by atoms with Gasteiger partial charge in [0, 0.05) is 5.56 Å². The van der Waals surface area contributed by atoms with Crippen LogP contribution in [-0.2, 0) is 20.9 Å². The maximum absolute atomic E-state index is 13.5. The molecule has 0 saturated heterocycles. The Bertz CT molecular complexity index is 951. The lowest BCUT2D eigenvalue weighted by molar-refractivity contribution is -0.143. The van der Waals surface area contributed by atoms with Crippen molar-refractivity contribution in [3.05, 3.63) is 51.7 Å². The molecule has 3 N–H and O–H groups in total. The van der Waals surface area contributed by atoms with Gasteiger partial charge in [0.05, 0.1) is 17.7 Å². The van der Waals surface area contributed by atoms with Gasteiger partial charge in [-0.25, -0.2) is 9.18 Å². The summed E-state index contributed by atoms with van der Waals surface area (Å²) >= 11 is 0.860. The largest absolute Gasteiger partial charge is 0.462 e. The first kappa shape index (κ1) is 20.9. The number of anilines is 1. The molecular weight excluding hydrogens is 389 g/mol. The number of esters is 2. The zero-order chi connectivity index (χ0) is 20.7. The molecule has 0 radical (unpaired) electrons. The smallest absolute Gasteiger partial charge is 0.348 e. The van der Waals surface area contributed by atoms with E-state index in [1.165, 1.54) is 18.2 Å². The molecule has 1 aromatic heterocycles. The van der Waals surface area contributed by atoms with E-state index in [-0.39, 0.29) is 33.2 Å². The Balaban J connectivity index is 2.01. The molecule has 0 unspecified atom stereocenters. The normalized spacial score (nSPS) is 10.0. The average molecular weight is 405 g/mol. The number of nitrogen functional groups attached to an aromatic ring is 1. The molecule has 0 spiro atoms. The minimum absolute atomic E-state index is 0.0243. The molecule has 2 rings (SSSR count). The fourth-order valence-corrected chi connectivity index (χ4v) is 3.12. The summed E-state index contributed by atoms with van der Waals surface area (Å²) in [6.45, 7) is 0.820. The molecule has 1 amide bonds. The van der Waals surface area contributed by atoms with Gasteiger partial charge in [-0.1, -0.05) is 12.1 Å². The summed E-state index contributed by atoms with van der Waals surface area (Å²) in [5.74, 6) is -3.02. The van der Waals surface area contributed by atoms with Crippen molar-refractivity contribution in [3.63, 3.8) is 0 Å². The molecule has 0 atom stereocenters. The minimum Gasteiger partial charge on any atom is -0.462 e. The van der Waals surface area contributed by atoms with Gasteiger partial charge in [0.15, 0.2) is 0 Å². The molecule has 0 aliphatic carbocycles. The van der Waals surface area contributed by atoms with Crippen LogP contribution >= 0.6 is 11.3 Å². The Hall–Kier alpha value is -3.45. The Morgan fingerprint density at radius 3 is 2.64 bits per heavy atom. The Morgan fingerprint density at radius 2 is 2.00 bits per heavy atom. The van der Waals surface area contributed by atoms with Crippen molar-refractivity contribution in [2.45, 2.75) is 13.5 Å². The van der Waals surface area contributed by atoms with E-state index in [1.807, 2.05) is 6.07 Å². The predicted octanol–water partition coefficient (Wildman–Crippen LogP) is 1.99. The molecule has 0 bridgehead atoms. The van der Waals surface area contributed by atoms with Crippen LogP contribution in [0.2, 0.25) is 0 Å². The molecule has 0 aliphatic heterocycles. The van der Waals surface area contributed by atoms with E-state index in [9.17, 15) is 24.0 Å². The van der Waals surface area contributed by atoms with Gasteiger partial charge in [0.1, 0.15) is 34.9 Å². The summed E-state index contributed by atoms with van der Waals surface area (Å²) in [4.78, 5) is 35.8. The summed E-state index contributed by atoms with van der Waals surface area (Å²) in [6.07, 6.45) is 0. The van der Waals surface area contributed by atoms with Gasteiger partial charge in [-0.3, -0.25) is 9.59 Å². The van der Waals surface area contributed by atoms with Crippen LogP contribution in [0.25, 0.3) is 0 Å². The number of amides is 1. The van der Waals surface area contributed by atoms with Crippen molar-refractivity contribution >= 4 is 34.2 Å². The number of nitrogens with two attached hydrogens (primary N) is 1. The van der Waals surface area contributed by atoms with Crippen LogP contribution in [0.4, 0.5) is 9.39 Å². The van der Waals surface area contributed by atoms with Crippen LogP contribution in [0.5, 0.6) is 0 Å². The number of thiophene rings is 1. The second-order valence-corrected chi connectivity index (χ2v) is 6.36. The molecule has 1 heterocycles. The van der Waals surface area contributed by atoms with Crippen LogP contribution in [0.3, 0.4) is 0 Å². The summed E-state index contributed by atoms with van der Waals surface area (Å²) in [5, 5.41) is 11.5. The highest BCUT2D eigenvalue weighted by atomic mass is 32.1. The molecule has 0 aliphatic rings. The monoisotopic (exact) mass is 405 g/mol. The molecule has 28 heavy (non-hydrogen) atoms. The molecule has 146 valence electrons. The standard InChI is InChI=1S/C18H16FN3O5S/c1-2-26-18(25)15-12(11(7-20)16(21)28-15)9-27-14(23)8-22-17(24)10-5-3-4-6-13(10)19/h3-6H,2,8-9,21H2,1H3,(H,22,24). The first-order chi connectivity index (χ1) is 13.4. The van der Waals surface area contributed by atoms with E-state index in [0.29, 0.717) is 0 Å². The van der Waals surface area contributed by atoms with Crippen LogP contribution in [0.15, 0.2) is 24.3 Å². The van der Waals surface area contributed by atoms with E-state index >= 15 is 0 Å². The summed E-state index contributed by atoms with van der Waals surface area (Å²) < 4.78 is 23.5. The van der Waals surface area contributed by atoms with Crippen LogP contribution in [-0.4, -0.2) is 31.0 Å². The molecule has 0 saturated carbocycles. The number of hydrogen-bond acceptors (Lipinski definition) is 8. The third-order valence-electron chi connectivity index (χ3n) is 3.50. The van der Waals surface area contributed by atoms with Gasteiger partial charge in [0.25, 0.3) is 5.91 Å². The van der Waals surface area contributed by atoms with Crippen LogP contribution in [0.1, 0.15) is 38.1 Å². The van der Waals surface area contributed by atoms with E-state index in [1.54, 1.807) is 6.92 Å². The number of ether oxygens (including phenoxy) is 2. The first-order valence-corrected chi connectivity index (χ1v) is 8.87. The number of halogens is 1. The maximum Gasteiger partial charge on any atom is 0.348 e. The molecule has 1 aromatic carbocycles. The lowest BCUT2D eigenvalue weighted by atomic mass is 10.1. The fraction of sp³-hybridized carbons (Fsp3) is 0.222.